The Morgan fingerprint density at radius 1 is 1.29 bits per heavy atom. The van der Waals surface area contributed by atoms with Crippen molar-refractivity contribution in [2.24, 2.45) is 0 Å². The monoisotopic (exact) mass is 313 g/mol. The van der Waals surface area contributed by atoms with E-state index >= 15 is 0 Å². The van der Waals surface area contributed by atoms with Gasteiger partial charge in [-0.3, -0.25) is 0 Å². The molecule has 0 bridgehead atoms. The SMILES string of the molecule is N#Cc1ccc(Nc2ncnc(Cl)c2N)cc1C(F)(F)F. The lowest BCUT2D eigenvalue weighted by molar-refractivity contribution is -0.137. The van der Waals surface area contributed by atoms with Crippen molar-refractivity contribution >= 4 is 28.8 Å². The maximum Gasteiger partial charge on any atom is 0.417 e. The van der Waals surface area contributed by atoms with Gasteiger partial charge in [-0.25, -0.2) is 9.97 Å². The molecule has 0 fully saturated rings. The van der Waals surface area contributed by atoms with Crippen molar-refractivity contribution in [1.82, 2.24) is 9.97 Å². The van der Waals surface area contributed by atoms with Gasteiger partial charge in [0.25, 0.3) is 0 Å². The molecular formula is C12H7ClF3N5. The number of hydrogen-bond donors (Lipinski definition) is 2. The third-order valence-electron chi connectivity index (χ3n) is 2.54. The smallest absolute Gasteiger partial charge is 0.393 e. The van der Waals surface area contributed by atoms with Crippen LogP contribution >= 0.6 is 11.6 Å². The van der Waals surface area contributed by atoms with Gasteiger partial charge in [0.05, 0.1) is 17.2 Å². The Balaban J connectivity index is 2.43. The van der Waals surface area contributed by atoms with E-state index in [1.807, 2.05) is 0 Å². The fourth-order valence-corrected chi connectivity index (χ4v) is 1.70. The van der Waals surface area contributed by atoms with E-state index in [-0.39, 0.29) is 22.3 Å². The standard InChI is InChI=1S/C12H7ClF3N5/c13-10-9(18)11(20-5-19-10)21-7-2-1-6(4-17)8(3-7)12(14,15)16/h1-3,5H,18H2,(H,19,20,21). The van der Waals surface area contributed by atoms with Gasteiger partial charge in [-0.2, -0.15) is 18.4 Å². The van der Waals surface area contributed by atoms with E-state index in [1.54, 1.807) is 0 Å². The number of aromatic nitrogens is 2. The van der Waals surface area contributed by atoms with Crippen molar-refractivity contribution < 1.29 is 13.2 Å². The van der Waals surface area contributed by atoms with Gasteiger partial charge in [-0.1, -0.05) is 11.6 Å². The van der Waals surface area contributed by atoms with E-state index in [2.05, 4.69) is 15.3 Å². The lowest BCUT2D eigenvalue weighted by Gasteiger charge is -2.12. The van der Waals surface area contributed by atoms with Gasteiger partial charge in [0.2, 0.25) is 0 Å². The maximum atomic E-state index is 12.8. The summed E-state index contributed by atoms with van der Waals surface area (Å²) in [6.07, 6.45) is -3.52. The minimum absolute atomic E-state index is 0.0112. The Morgan fingerprint density at radius 2 is 2.00 bits per heavy atom. The molecule has 0 aliphatic rings. The van der Waals surface area contributed by atoms with Crippen molar-refractivity contribution in [3.8, 4) is 6.07 Å². The van der Waals surface area contributed by atoms with Crippen molar-refractivity contribution in [3.05, 3.63) is 40.8 Å². The van der Waals surface area contributed by atoms with Crippen LogP contribution in [0.3, 0.4) is 0 Å². The highest BCUT2D eigenvalue weighted by Gasteiger charge is 2.33. The predicted octanol–water partition coefficient (Wildman–Crippen LogP) is 3.35. The zero-order valence-corrected chi connectivity index (χ0v) is 11.0. The highest BCUT2D eigenvalue weighted by molar-refractivity contribution is 6.32. The number of nitrogens with zero attached hydrogens (tertiary/aromatic N) is 3. The summed E-state index contributed by atoms with van der Waals surface area (Å²) in [5.41, 5.74) is 4.18. The quantitative estimate of drug-likeness (QED) is 0.830. The number of anilines is 3. The largest absolute Gasteiger partial charge is 0.417 e. The Kier molecular flexibility index (Phi) is 3.86. The molecule has 1 heterocycles. The fourth-order valence-electron chi connectivity index (χ4n) is 1.56. The summed E-state index contributed by atoms with van der Waals surface area (Å²) >= 11 is 5.69. The Labute approximate surface area is 122 Å². The molecule has 0 spiro atoms. The number of rotatable bonds is 2. The molecule has 0 amide bonds. The molecule has 21 heavy (non-hydrogen) atoms. The summed E-state index contributed by atoms with van der Waals surface area (Å²) < 4.78 is 38.5. The van der Waals surface area contributed by atoms with Gasteiger partial charge < -0.3 is 11.1 Å². The topological polar surface area (TPSA) is 87.6 Å². The Morgan fingerprint density at radius 3 is 2.62 bits per heavy atom. The number of nitrogens with one attached hydrogen (secondary N) is 1. The molecule has 9 heteroatoms. The molecule has 0 saturated heterocycles. The summed E-state index contributed by atoms with van der Waals surface area (Å²) in [5.74, 6) is 0.0767. The number of halogens is 4. The average molecular weight is 314 g/mol. The molecule has 0 radical (unpaired) electrons. The third kappa shape index (κ3) is 3.14. The van der Waals surface area contributed by atoms with E-state index in [1.165, 1.54) is 12.1 Å². The first-order chi connectivity index (χ1) is 9.82. The Hall–Kier alpha value is -2.53. The van der Waals surface area contributed by atoms with Gasteiger partial charge in [0.1, 0.15) is 12.0 Å². The van der Waals surface area contributed by atoms with Crippen LogP contribution in [0.2, 0.25) is 5.15 Å². The van der Waals surface area contributed by atoms with Crippen molar-refractivity contribution in [1.29, 1.82) is 5.26 Å². The van der Waals surface area contributed by atoms with Gasteiger partial charge >= 0.3 is 6.18 Å². The molecule has 0 aliphatic heterocycles. The van der Waals surface area contributed by atoms with Crippen LogP contribution in [0.4, 0.5) is 30.4 Å². The van der Waals surface area contributed by atoms with Crippen LogP contribution in [0, 0.1) is 11.3 Å². The van der Waals surface area contributed by atoms with Crippen molar-refractivity contribution in [3.63, 3.8) is 0 Å². The van der Waals surface area contributed by atoms with Crippen LogP contribution in [0.25, 0.3) is 0 Å². The number of nitriles is 1. The van der Waals surface area contributed by atoms with E-state index in [4.69, 9.17) is 22.6 Å². The number of benzene rings is 1. The van der Waals surface area contributed by atoms with Crippen LogP contribution < -0.4 is 11.1 Å². The van der Waals surface area contributed by atoms with E-state index in [9.17, 15) is 13.2 Å². The fraction of sp³-hybridized carbons (Fsp3) is 0.0833. The zero-order chi connectivity index (χ0) is 15.6. The highest BCUT2D eigenvalue weighted by atomic mass is 35.5. The van der Waals surface area contributed by atoms with E-state index in [0.717, 1.165) is 18.5 Å². The lowest BCUT2D eigenvalue weighted by atomic mass is 10.1. The normalized spacial score (nSPS) is 11.0. The van der Waals surface area contributed by atoms with Gasteiger partial charge in [0, 0.05) is 5.69 Å². The molecule has 2 rings (SSSR count). The van der Waals surface area contributed by atoms with Crippen LogP contribution in [0.5, 0.6) is 0 Å². The maximum absolute atomic E-state index is 12.8. The summed E-state index contributed by atoms with van der Waals surface area (Å²) in [5, 5.41) is 11.3. The second kappa shape index (κ2) is 5.46. The predicted molar refractivity (Wildman–Crippen MR) is 70.9 cm³/mol. The molecule has 1 aromatic heterocycles. The first-order valence-corrected chi connectivity index (χ1v) is 5.85. The number of hydrogen-bond acceptors (Lipinski definition) is 5. The van der Waals surface area contributed by atoms with E-state index in [0.29, 0.717) is 0 Å². The van der Waals surface area contributed by atoms with Crippen LogP contribution in [0.15, 0.2) is 24.5 Å². The molecule has 3 N–H and O–H groups in total. The number of alkyl halides is 3. The molecule has 0 atom stereocenters. The van der Waals surface area contributed by atoms with Gasteiger partial charge in [-0.15, -0.1) is 0 Å². The van der Waals surface area contributed by atoms with E-state index < -0.39 is 17.3 Å². The first-order valence-electron chi connectivity index (χ1n) is 5.47. The van der Waals surface area contributed by atoms with Gasteiger partial charge in [-0.05, 0) is 18.2 Å². The second-order valence-corrected chi connectivity index (χ2v) is 4.28. The molecule has 1 aromatic carbocycles. The van der Waals surface area contributed by atoms with Crippen LogP contribution in [-0.2, 0) is 6.18 Å². The molecule has 0 saturated carbocycles. The molecule has 108 valence electrons. The number of nitrogens with two attached hydrogens (primary N) is 1. The third-order valence-corrected chi connectivity index (χ3v) is 2.84. The summed E-state index contributed by atoms with van der Waals surface area (Å²) in [7, 11) is 0. The lowest BCUT2D eigenvalue weighted by Crippen LogP contribution is -2.09. The summed E-state index contributed by atoms with van der Waals surface area (Å²) in [6.45, 7) is 0. The van der Waals surface area contributed by atoms with Crippen molar-refractivity contribution in [2.75, 3.05) is 11.1 Å². The first kappa shape index (κ1) is 14.9. The molecule has 5 nitrogen and oxygen atoms in total. The minimum atomic E-state index is -4.64. The highest BCUT2D eigenvalue weighted by Crippen LogP contribution is 2.34. The Bertz CT molecular complexity index is 724. The van der Waals surface area contributed by atoms with Crippen LogP contribution in [-0.4, -0.2) is 9.97 Å². The second-order valence-electron chi connectivity index (χ2n) is 3.92. The summed E-state index contributed by atoms with van der Waals surface area (Å²) in [6, 6.07) is 4.66. The minimum Gasteiger partial charge on any atom is -0.393 e. The average Bonchev–Trinajstić information content (AvgIpc) is 2.43. The summed E-state index contributed by atoms with van der Waals surface area (Å²) in [4.78, 5) is 7.42. The molecule has 0 unspecified atom stereocenters. The molecular weight excluding hydrogens is 307 g/mol. The van der Waals surface area contributed by atoms with Crippen LogP contribution in [0.1, 0.15) is 11.1 Å². The van der Waals surface area contributed by atoms with Crippen molar-refractivity contribution in [2.45, 2.75) is 6.18 Å². The number of nitrogen functional groups attached to an aromatic ring is 1. The molecule has 2 aromatic rings. The zero-order valence-electron chi connectivity index (χ0n) is 10.2. The van der Waals surface area contributed by atoms with Gasteiger partial charge in [0.15, 0.2) is 11.0 Å². The molecule has 0 aliphatic carbocycles.